The van der Waals surface area contributed by atoms with Crippen LogP contribution in [-0.2, 0) is 11.3 Å². The van der Waals surface area contributed by atoms with E-state index in [4.69, 9.17) is 9.26 Å². The molecule has 1 aromatic carbocycles. The van der Waals surface area contributed by atoms with Gasteiger partial charge in [-0.2, -0.15) is 0 Å². The Labute approximate surface area is 157 Å². The number of ether oxygens (including phenoxy) is 1. The number of carbonyl (C=O) groups is 2. The zero-order valence-electron chi connectivity index (χ0n) is 15.5. The Balaban J connectivity index is 1.48. The average molecular weight is 372 g/mol. The molecule has 2 N–H and O–H groups in total. The monoisotopic (exact) mass is 372 g/mol. The topological polar surface area (TPSA) is 96.7 Å². The van der Waals surface area contributed by atoms with E-state index < -0.39 is 0 Å². The van der Waals surface area contributed by atoms with Crippen molar-refractivity contribution in [3.63, 3.8) is 0 Å². The minimum atomic E-state index is -0.272. The van der Waals surface area contributed by atoms with Crippen molar-refractivity contribution >= 4 is 17.6 Å². The molecule has 1 fully saturated rings. The number of carbonyl (C=O) groups excluding carboxylic acids is 2. The van der Waals surface area contributed by atoms with E-state index in [1.54, 1.807) is 44.3 Å². The van der Waals surface area contributed by atoms with Gasteiger partial charge >= 0.3 is 6.03 Å². The van der Waals surface area contributed by atoms with Crippen LogP contribution in [0.25, 0.3) is 0 Å². The van der Waals surface area contributed by atoms with Crippen LogP contribution < -0.4 is 10.6 Å². The van der Waals surface area contributed by atoms with E-state index in [0.717, 1.165) is 19.4 Å². The molecule has 1 aromatic heterocycles. The van der Waals surface area contributed by atoms with Gasteiger partial charge in [-0.05, 0) is 44.0 Å². The summed E-state index contributed by atoms with van der Waals surface area (Å²) in [7, 11) is 1.67. The number of nitrogens with zero attached hydrogens (tertiary/aromatic N) is 2. The van der Waals surface area contributed by atoms with Crippen LogP contribution in [-0.4, -0.2) is 48.3 Å². The lowest BCUT2D eigenvalue weighted by Crippen LogP contribution is -2.32. The summed E-state index contributed by atoms with van der Waals surface area (Å²) >= 11 is 0. The van der Waals surface area contributed by atoms with Gasteiger partial charge in [-0.25, -0.2) is 4.79 Å². The van der Waals surface area contributed by atoms with Gasteiger partial charge in [-0.1, -0.05) is 5.16 Å². The molecule has 144 valence electrons. The molecule has 0 saturated carbocycles. The molecule has 8 heteroatoms. The number of hydrogen-bond donors (Lipinski definition) is 2. The maximum absolute atomic E-state index is 12.3. The first-order valence-corrected chi connectivity index (χ1v) is 8.95. The molecule has 0 radical (unpaired) electrons. The van der Waals surface area contributed by atoms with Crippen molar-refractivity contribution in [2.45, 2.75) is 32.4 Å². The van der Waals surface area contributed by atoms with Gasteiger partial charge in [0.1, 0.15) is 11.5 Å². The van der Waals surface area contributed by atoms with E-state index in [1.807, 2.05) is 0 Å². The Kier molecular flexibility index (Phi) is 6.08. The molecule has 8 nitrogen and oxygen atoms in total. The minimum absolute atomic E-state index is 0.108. The van der Waals surface area contributed by atoms with Gasteiger partial charge in [0.2, 0.25) is 0 Å². The van der Waals surface area contributed by atoms with Crippen molar-refractivity contribution in [3.05, 3.63) is 47.3 Å². The largest absolute Gasteiger partial charge is 0.376 e. The van der Waals surface area contributed by atoms with E-state index in [-0.39, 0.29) is 18.0 Å². The molecule has 2 heterocycles. The molecule has 0 unspecified atom stereocenters. The molecular weight excluding hydrogens is 348 g/mol. The van der Waals surface area contributed by atoms with Crippen molar-refractivity contribution in [3.8, 4) is 0 Å². The lowest BCUT2D eigenvalue weighted by Gasteiger charge is -2.16. The predicted molar refractivity (Wildman–Crippen MR) is 99.5 cm³/mol. The molecule has 2 aromatic rings. The van der Waals surface area contributed by atoms with Crippen LogP contribution in [0.15, 0.2) is 34.9 Å². The van der Waals surface area contributed by atoms with E-state index in [1.165, 1.54) is 4.90 Å². The summed E-state index contributed by atoms with van der Waals surface area (Å²) in [5, 5.41) is 9.53. The Bertz CT molecular complexity index is 781. The molecule has 1 aliphatic rings. The lowest BCUT2D eigenvalue weighted by molar-refractivity contribution is 0.0858. The van der Waals surface area contributed by atoms with Crippen molar-refractivity contribution in [1.82, 2.24) is 15.4 Å². The molecule has 1 aliphatic heterocycles. The number of aryl methyl sites for hydroxylation is 1. The van der Waals surface area contributed by atoms with E-state index >= 15 is 0 Å². The molecule has 0 spiro atoms. The summed E-state index contributed by atoms with van der Waals surface area (Å²) in [6.45, 7) is 3.42. The Morgan fingerprint density at radius 1 is 1.30 bits per heavy atom. The zero-order chi connectivity index (χ0) is 19.2. The molecular formula is C19H24N4O4. The smallest absolute Gasteiger partial charge is 0.321 e. The maximum atomic E-state index is 12.3. The highest BCUT2D eigenvalue weighted by molar-refractivity contribution is 5.95. The number of nitrogens with one attached hydrogen (secondary N) is 2. The number of aromatic nitrogens is 1. The Morgan fingerprint density at radius 3 is 2.70 bits per heavy atom. The molecule has 27 heavy (non-hydrogen) atoms. The first-order valence-electron chi connectivity index (χ1n) is 8.95. The highest BCUT2D eigenvalue weighted by Crippen LogP contribution is 2.13. The summed E-state index contributed by atoms with van der Waals surface area (Å²) in [5.74, 6) is 0.550. The second-order valence-corrected chi connectivity index (χ2v) is 6.64. The maximum Gasteiger partial charge on any atom is 0.321 e. The zero-order valence-corrected chi connectivity index (χ0v) is 15.5. The summed E-state index contributed by atoms with van der Waals surface area (Å²) < 4.78 is 10.5. The quantitative estimate of drug-likeness (QED) is 0.812. The van der Waals surface area contributed by atoms with Crippen LogP contribution in [0.5, 0.6) is 0 Å². The fraction of sp³-hybridized carbons (Fsp3) is 0.421. The van der Waals surface area contributed by atoms with Crippen molar-refractivity contribution < 1.29 is 18.8 Å². The molecule has 3 rings (SSSR count). The molecule has 0 bridgehead atoms. The summed E-state index contributed by atoms with van der Waals surface area (Å²) in [4.78, 5) is 25.9. The SMILES string of the molecule is Cc1cc(CN(C)C(=O)Nc2ccc(C(=O)NC[C@@H]3CCCO3)cc2)no1. The highest BCUT2D eigenvalue weighted by atomic mass is 16.5. The summed E-state index contributed by atoms with van der Waals surface area (Å²) in [6.07, 6.45) is 2.13. The standard InChI is InChI=1S/C19H24N4O4/c1-13-10-16(22-27-13)12-23(2)19(25)21-15-7-5-14(6-8-15)18(24)20-11-17-4-3-9-26-17/h5-8,10,17H,3-4,9,11-12H2,1-2H3,(H,20,24)(H,21,25)/t17-/m0/s1. The Morgan fingerprint density at radius 2 is 2.07 bits per heavy atom. The fourth-order valence-corrected chi connectivity index (χ4v) is 2.85. The third kappa shape index (κ3) is 5.30. The van der Waals surface area contributed by atoms with Gasteiger partial charge in [0.15, 0.2) is 0 Å². The minimum Gasteiger partial charge on any atom is -0.376 e. The first kappa shape index (κ1) is 18.9. The van der Waals surface area contributed by atoms with Gasteiger partial charge in [-0.15, -0.1) is 0 Å². The van der Waals surface area contributed by atoms with E-state index in [0.29, 0.717) is 35.8 Å². The Hall–Kier alpha value is -2.87. The van der Waals surface area contributed by atoms with Crippen LogP contribution in [0.2, 0.25) is 0 Å². The molecule has 3 amide bonds. The number of anilines is 1. The third-order valence-corrected chi connectivity index (χ3v) is 4.34. The van der Waals surface area contributed by atoms with Gasteiger partial charge in [0.05, 0.1) is 12.6 Å². The molecule has 0 aliphatic carbocycles. The van der Waals surface area contributed by atoms with Crippen molar-refractivity contribution in [1.29, 1.82) is 0 Å². The van der Waals surface area contributed by atoms with Gasteiger partial charge in [0, 0.05) is 37.5 Å². The number of rotatable bonds is 6. The summed E-state index contributed by atoms with van der Waals surface area (Å²) in [6, 6.07) is 8.28. The number of urea groups is 1. The van der Waals surface area contributed by atoms with Gasteiger partial charge in [-0.3, -0.25) is 4.79 Å². The van der Waals surface area contributed by atoms with Gasteiger partial charge < -0.3 is 24.8 Å². The number of benzene rings is 1. The van der Waals surface area contributed by atoms with Crippen LogP contribution in [0.3, 0.4) is 0 Å². The fourth-order valence-electron chi connectivity index (χ4n) is 2.85. The van der Waals surface area contributed by atoms with Gasteiger partial charge in [0.25, 0.3) is 5.91 Å². The number of amides is 3. The average Bonchev–Trinajstić information content (AvgIpc) is 3.32. The highest BCUT2D eigenvalue weighted by Gasteiger charge is 2.17. The summed E-state index contributed by atoms with van der Waals surface area (Å²) in [5.41, 5.74) is 1.83. The predicted octanol–water partition coefficient (Wildman–Crippen LogP) is 2.56. The molecule has 1 atom stereocenters. The van der Waals surface area contributed by atoms with Crippen molar-refractivity contribution in [2.24, 2.45) is 0 Å². The van der Waals surface area contributed by atoms with Crippen LogP contribution >= 0.6 is 0 Å². The van der Waals surface area contributed by atoms with Crippen LogP contribution in [0.1, 0.15) is 34.7 Å². The van der Waals surface area contributed by atoms with E-state index in [2.05, 4.69) is 15.8 Å². The second kappa shape index (κ2) is 8.68. The van der Waals surface area contributed by atoms with Crippen molar-refractivity contribution in [2.75, 3.05) is 25.5 Å². The molecule has 1 saturated heterocycles. The first-order chi connectivity index (χ1) is 13.0. The van der Waals surface area contributed by atoms with Crippen LogP contribution in [0, 0.1) is 6.92 Å². The third-order valence-electron chi connectivity index (χ3n) is 4.34. The van der Waals surface area contributed by atoms with E-state index in [9.17, 15) is 9.59 Å². The number of hydrogen-bond acceptors (Lipinski definition) is 5. The second-order valence-electron chi connectivity index (χ2n) is 6.64. The lowest BCUT2D eigenvalue weighted by atomic mass is 10.2. The normalized spacial score (nSPS) is 16.1. The van der Waals surface area contributed by atoms with Crippen LogP contribution in [0.4, 0.5) is 10.5 Å².